The number of nitrogen functional groups attached to an aromatic ring is 1. The number of carbonyl (C=O) groups is 1. The summed E-state index contributed by atoms with van der Waals surface area (Å²) in [6.45, 7) is 0.351. The molecule has 0 saturated heterocycles. The number of nitrogens with one attached hydrogen (secondary N) is 2. The van der Waals surface area contributed by atoms with Gasteiger partial charge in [0.2, 0.25) is 0 Å². The summed E-state index contributed by atoms with van der Waals surface area (Å²) in [5.74, 6) is 0.716. The summed E-state index contributed by atoms with van der Waals surface area (Å²) in [6, 6.07) is 14.7. The summed E-state index contributed by atoms with van der Waals surface area (Å²) in [5.41, 5.74) is 12.8. The minimum atomic E-state index is -0.446. The van der Waals surface area contributed by atoms with Crippen LogP contribution in [0.15, 0.2) is 54.9 Å². The van der Waals surface area contributed by atoms with E-state index in [1.807, 2.05) is 42.3 Å². The van der Waals surface area contributed by atoms with Gasteiger partial charge in [-0.2, -0.15) is 0 Å². The monoisotopic (exact) mass is 446 g/mol. The smallest absolute Gasteiger partial charge is 0.276 e. The van der Waals surface area contributed by atoms with E-state index in [1.165, 1.54) is 12.4 Å². The highest BCUT2D eigenvalue weighted by atomic mass is 35.5. The van der Waals surface area contributed by atoms with Crippen LogP contribution in [0.25, 0.3) is 0 Å². The minimum absolute atomic E-state index is 0.264. The van der Waals surface area contributed by atoms with Crippen LogP contribution in [0.4, 0.5) is 17.3 Å². The van der Waals surface area contributed by atoms with Crippen LogP contribution in [0, 0.1) is 0 Å². The number of amides is 1. The zero-order valence-electron chi connectivity index (χ0n) is 16.1. The first-order valence-corrected chi connectivity index (χ1v) is 9.68. The zero-order valence-corrected chi connectivity index (χ0v) is 17.6. The van der Waals surface area contributed by atoms with Gasteiger partial charge in [-0.15, -0.1) is 0 Å². The van der Waals surface area contributed by atoms with E-state index in [0.29, 0.717) is 33.8 Å². The fourth-order valence-electron chi connectivity index (χ4n) is 2.62. The normalized spacial score (nSPS) is 10.4. The highest BCUT2D eigenvalue weighted by Crippen LogP contribution is 2.28. The molecule has 1 heterocycles. The molecule has 0 fully saturated rings. The average molecular weight is 447 g/mol. The Morgan fingerprint density at radius 1 is 1.17 bits per heavy atom. The van der Waals surface area contributed by atoms with Crippen molar-refractivity contribution in [2.45, 2.75) is 6.54 Å². The maximum absolute atomic E-state index is 12.1. The molecule has 0 aliphatic carbocycles. The Kier molecular flexibility index (Phi) is 7.16. The number of nitrogens with zero attached hydrogens (tertiary/aromatic N) is 3. The largest absolute Gasteiger partial charge is 0.482 e. The van der Waals surface area contributed by atoms with Crippen LogP contribution in [0.5, 0.6) is 5.75 Å². The molecule has 3 rings (SSSR count). The molecule has 3 aromatic rings. The Morgan fingerprint density at radius 2 is 1.93 bits per heavy atom. The molecule has 10 heteroatoms. The number of anilines is 3. The highest BCUT2D eigenvalue weighted by Gasteiger charge is 2.13. The standard InChI is InChI=1S/C20H20Cl2N6O2/c1-28(10-13-5-3-2-4-6-13)20-18(23)19(24-12-25-20)27-26-17(29)11-30-16-8-7-14(21)9-15(16)22/h2-9,12H,10-11,23H2,1H3,(H,26,29)(H,24,25,27). The predicted molar refractivity (Wildman–Crippen MR) is 119 cm³/mol. The third-order valence-electron chi connectivity index (χ3n) is 4.06. The van der Waals surface area contributed by atoms with E-state index < -0.39 is 5.91 Å². The number of benzene rings is 2. The lowest BCUT2D eigenvalue weighted by atomic mass is 10.2. The zero-order chi connectivity index (χ0) is 21.5. The van der Waals surface area contributed by atoms with E-state index in [0.717, 1.165) is 5.56 Å². The first-order chi connectivity index (χ1) is 14.4. The van der Waals surface area contributed by atoms with Gasteiger partial charge in [-0.25, -0.2) is 9.97 Å². The summed E-state index contributed by atoms with van der Waals surface area (Å²) in [4.78, 5) is 22.3. The maximum atomic E-state index is 12.1. The van der Waals surface area contributed by atoms with Gasteiger partial charge in [0.1, 0.15) is 17.8 Å². The molecule has 0 saturated carbocycles. The Balaban J connectivity index is 1.57. The molecule has 2 aromatic carbocycles. The Hall–Kier alpha value is -3.23. The van der Waals surface area contributed by atoms with Crippen molar-refractivity contribution >= 4 is 46.4 Å². The van der Waals surface area contributed by atoms with Crippen molar-refractivity contribution in [3.05, 3.63) is 70.5 Å². The number of aromatic nitrogens is 2. The average Bonchev–Trinajstić information content (AvgIpc) is 2.73. The molecule has 0 aliphatic rings. The molecular weight excluding hydrogens is 427 g/mol. The van der Waals surface area contributed by atoms with Gasteiger partial charge in [-0.3, -0.25) is 15.6 Å². The molecular formula is C20H20Cl2N6O2. The molecule has 0 bridgehead atoms. The SMILES string of the molecule is CN(Cc1ccccc1)c1ncnc(NNC(=O)COc2ccc(Cl)cc2Cl)c1N. The number of carbonyl (C=O) groups excluding carboxylic acids is 1. The van der Waals surface area contributed by atoms with E-state index in [4.69, 9.17) is 33.7 Å². The minimum Gasteiger partial charge on any atom is -0.482 e. The van der Waals surface area contributed by atoms with Crippen LogP contribution in [-0.4, -0.2) is 29.5 Å². The van der Waals surface area contributed by atoms with Crippen LogP contribution >= 0.6 is 23.2 Å². The number of hydrazine groups is 1. The van der Waals surface area contributed by atoms with Gasteiger partial charge in [0.15, 0.2) is 18.2 Å². The van der Waals surface area contributed by atoms with Crippen LogP contribution in [0.3, 0.4) is 0 Å². The summed E-state index contributed by atoms with van der Waals surface area (Å²) in [7, 11) is 1.87. The second-order valence-electron chi connectivity index (χ2n) is 6.34. The molecule has 30 heavy (non-hydrogen) atoms. The number of rotatable bonds is 8. The number of hydrogen-bond acceptors (Lipinski definition) is 7. The van der Waals surface area contributed by atoms with E-state index >= 15 is 0 Å². The fraction of sp³-hybridized carbons (Fsp3) is 0.150. The lowest BCUT2D eigenvalue weighted by Gasteiger charge is -2.21. The van der Waals surface area contributed by atoms with Gasteiger partial charge in [0.05, 0.1) is 5.02 Å². The van der Waals surface area contributed by atoms with Gasteiger partial charge in [0.25, 0.3) is 5.91 Å². The van der Waals surface area contributed by atoms with E-state index in [9.17, 15) is 4.79 Å². The number of ether oxygens (including phenoxy) is 1. The Morgan fingerprint density at radius 3 is 2.67 bits per heavy atom. The van der Waals surface area contributed by atoms with Crippen molar-refractivity contribution in [1.29, 1.82) is 0 Å². The quantitative estimate of drug-likeness (QED) is 0.454. The Labute approximate surface area is 183 Å². The van der Waals surface area contributed by atoms with Crippen molar-refractivity contribution in [2.24, 2.45) is 0 Å². The van der Waals surface area contributed by atoms with Gasteiger partial charge < -0.3 is 15.4 Å². The van der Waals surface area contributed by atoms with Crippen LogP contribution < -0.4 is 26.2 Å². The first kappa shape index (κ1) is 21.5. The van der Waals surface area contributed by atoms with E-state index in [1.54, 1.807) is 12.1 Å². The van der Waals surface area contributed by atoms with Crippen molar-refractivity contribution in [3.8, 4) is 5.75 Å². The van der Waals surface area contributed by atoms with Crippen LogP contribution in [-0.2, 0) is 11.3 Å². The van der Waals surface area contributed by atoms with Gasteiger partial charge in [-0.1, -0.05) is 53.5 Å². The topological polar surface area (TPSA) is 105 Å². The van der Waals surface area contributed by atoms with Gasteiger partial charge in [-0.05, 0) is 23.8 Å². The molecule has 0 spiro atoms. The molecule has 4 N–H and O–H groups in total. The van der Waals surface area contributed by atoms with E-state index in [-0.39, 0.29) is 12.4 Å². The first-order valence-electron chi connectivity index (χ1n) is 8.92. The molecule has 0 unspecified atom stereocenters. The number of hydrogen-bond donors (Lipinski definition) is 3. The number of nitrogens with two attached hydrogens (primary N) is 1. The predicted octanol–water partition coefficient (Wildman–Crippen LogP) is 3.52. The second kappa shape index (κ2) is 10.00. The third-order valence-corrected chi connectivity index (χ3v) is 4.59. The van der Waals surface area contributed by atoms with E-state index in [2.05, 4.69) is 20.8 Å². The van der Waals surface area contributed by atoms with Crippen LogP contribution in [0.1, 0.15) is 5.56 Å². The van der Waals surface area contributed by atoms with Crippen molar-refractivity contribution < 1.29 is 9.53 Å². The molecule has 0 atom stereocenters. The summed E-state index contributed by atoms with van der Waals surface area (Å²) >= 11 is 11.9. The van der Waals surface area contributed by atoms with Crippen LogP contribution in [0.2, 0.25) is 10.0 Å². The molecule has 1 aromatic heterocycles. The number of halogens is 2. The summed E-state index contributed by atoms with van der Waals surface area (Å²) < 4.78 is 5.39. The van der Waals surface area contributed by atoms with Gasteiger partial charge >= 0.3 is 0 Å². The van der Waals surface area contributed by atoms with Crippen molar-refractivity contribution in [1.82, 2.24) is 15.4 Å². The van der Waals surface area contributed by atoms with Crippen molar-refractivity contribution in [2.75, 3.05) is 29.7 Å². The molecule has 0 radical (unpaired) electrons. The lowest BCUT2D eigenvalue weighted by Crippen LogP contribution is -2.34. The lowest BCUT2D eigenvalue weighted by molar-refractivity contribution is -0.122. The molecule has 156 valence electrons. The molecule has 8 nitrogen and oxygen atoms in total. The Bertz CT molecular complexity index is 1020. The summed E-state index contributed by atoms with van der Waals surface area (Å²) in [5, 5.41) is 0.792. The van der Waals surface area contributed by atoms with Gasteiger partial charge in [0, 0.05) is 18.6 Å². The molecule has 0 aliphatic heterocycles. The summed E-state index contributed by atoms with van der Waals surface area (Å²) in [6.07, 6.45) is 1.37. The van der Waals surface area contributed by atoms with Crippen molar-refractivity contribution in [3.63, 3.8) is 0 Å². The third kappa shape index (κ3) is 5.65. The fourth-order valence-corrected chi connectivity index (χ4v) is 3.09. The second-order valence-corrected chi connectivity index (χ2v) is 7.18. The molecule has 1 amide bonds. The highest BCUT2D eigenvalue weighted by molar-refractivity contribution is 6.35. The maximum Gasteiger partial charge on any atom is 0.276 e.